The average Bonchev–Trinajstić information content (AvgIpc) is 3.22. The minimum atomic E-state index is 0.0263. The molecule has 0 bridgehead atoms. The SMILES string of the molecule is O=C(c1cc(-n2cccn2)ccn1)N1C[C@H]2CNC[C@H]2C1. The van der Waals surface area contributed by atoms with E-state index in [9.17, 15) is 4.79 Å². The molecule has 0 spiro atoms. The Bertz CT molecular complexity index is 642. The second-order valence-corrected chi connectivity index (χ2v) is 5.74. The molecular formula is C15H17N5O. The zero-order valence-electron chi connectivity index (χ0n) is 11.6. The molecule has 4 heterocycles. The van der Waals surface area contributed by atoms with Crippen LogP contribution in [0, 0.1) is 11.8 Å². The van der Waals surface area contributed by atoms with Crippen LogP contribution < -0.4 is 5.32 Å². The van der Waals surface area contributed by atoms with Gasteiger partial charge < -0.3 is 10.2 Å². The minimum absolute atomic E-state index is 0.0263. The molecule has 1 amide bonds. The summed E-state index contributed by atoms with van der Waals surface area (Å²) in [5.41, 5.74) is 1.36. The molecule has 21 heavy (non-hydrogen) atoms. The predicted molar refractivity (Wildman–Crippen MR) is 77.1 cm³/mol. The van der Waals surface area contributed by atoms with E-state index in [0.717, 1.165) is 31.9 Å². The van der Waals surface area contributed by atoms with E-state index in [0.29, 0.717) is 17.5 Å². The molecule has 0 unspecified atom stereocenters. The van der Waals surface area contributed by atoms with E-state index in [2.05, 4.69) is 15.4 Å². The lowest BCUT2D eigenvalue weighted by atomic mass is 10.0. The Morgan fingerprint density at radius 2 is 2.05 bits per heavy atom. The van der Waals surface area contributed by atoms with Crippen LogP contribution in [0.15, 0.2) is 36.8 Å². The lowest BCUT2D eigenvalue weighted by Crippen LogP contribution is -2.32. The van der Waals surface area contributed by atoms with Crippen molar-refractivity contribution in [2.45, 2.75) is 0 Å². The molecule has 108 valence electrons. The Morgan fingerprint density at radius 1 is 1.24 bits per heavy atom. The van der Waals surface area contributed by atoms with Gasteiger partial charge >= 0.3 is 0 Å². The van der Waals surface area contributed by atoms with Crippen LogP contribution >= 0.6 is 0 Å². The molecule has 0 saturated carbocycles. The number of hydrogen-bond donors (Lipinski definition) is 1. The van der Waals surface area contributed by atoms with Crippen LogP contribution in [0.4, 0.5) is 0 Å². The van der Waals surface area contributed by atoms with Gasteiger partial charge in [-0.05, 0) is 30.0 Å². The number of likely N-dealkylation sites (tertiary alicyclic amines) is 1. The summed E-state index contributed by atoms with van der Waals surface area (Å²) in [4.78, 5) is 18.8. The number of rotatable bonds is 2. The van der Waals surface area contributed by atoms with Crippen molar-refractivity contribution in [1.29, 1.82) is 0 Å². The van der Waals surface area contributed by atoms with E-state index < -0.39 is 0 Å². The molecule has 0 aliphatic carbocycles. The molecule has 2 fully saturated rings. The monoisotopic (exact) mass is 283 g/mol. The number of nitrogens with zero attached hydrogens (tertiary/aromatic N) is 4. The van der Waals surface area contributed by atoms with Crippen molar-refractivity contribution in [2.24, 2.45) is 11.8 Å². The van der Waals surface area contributed by atoms with Crippen molar-refractivity contribution in [3.8, 4) is 5.69 Å². The molecule has 2 aromatic rings. The Labute approximate surface area is 122 Å². The number of amides is 1. The van der Waals surface area contributed by atoms with Crippen molar-refractivity contribution in [3.05, 3.63) is 42.5 Å². The van der Waals surface area contributed by atoms with Gasteiger partial charge in [-0.25, -0.2) is 4.68 Å². The van der Waals surface area contributed by atoms with Crippen LogP contribution in [-0.4, -0.2) is 51.8 Å². The minimum Gasteiger partial charge on any atom is -0.337 e. The number of carbonyl (C=O) groups excluding carboxylic acids is 1. The summed E-state index contributed by atoms with van der Waals surface area (Å²) in [5, 5.41) is 7.57. The Hall–Kier alpha value is -2.21. The first-order valence-electron chi connectivity index (χ1n) is 7.27. The van der Waals surface area contributed by atoms with Crippen LogP contribution in [0.3, 0.4) is 0 Å². The van der Waals surface area contributed by atoms with Gasteiger partial charge in [-0.1, -0.05) is 0 Å². The number of hydrogen-bond acceptors (Lipinski definition) is 4. The van der Waals surface area contributed by atoms with Crippen LogP contribution in [0.2, 0.25) is 0 Å². The van der Waals surface area contributed by atoms with E-state index >= 15 is 0 Å². The second-order valence-electron chi connectivity index (χ2n) is 5.74. The van der Waals surface area contributed by atoms with Gasteiger partial charge in [0.2, 0.25) is 0 Å². The summed E-state index contributed by atoms with van der Waals surface area (Å²) in [6.45, 7) is 3.72. The largest absolute Gasteiger partial charge is 0.337 e. The maximum Gasteiger partial charge on any atom is 0.272 e. The third kappa shape index (κ3) is 2.21. The maximum atomic E-state index is 12.6. The summed E-state index contributed by atoms with van der Waals surface area (Å²) in [6, 6.07) is 5.52. The van der Waals surface area contributed by atoms with E-state index in [-0.39, 0.29) is 5.91 Å². The second kappa shape index (κ2) is 4.96. The third-order valence-electron chi connectivity index (χ3n) is 4.41. The fraction of sp³-hybridized carbons (Fsp3) is 0.400. The first kappa shape index (κ1) is 12.5. The lowest BCUT2D eigenvalue weighted by molar-refractivity contribution is 0.0776. The molecule has 2 aliphatic heterocycles. The molecule has 1 N–H and O–H groups in total. The zero-order valence-corrected chi connectivity index (χ0v) is 11.6. The standard InChI is InChI=1S/C15H17N5O/c21-15(19-9-11-7-16-8-12(11)10-19)14-6-13(2-4-17-14)20-5-1-3-18-20/h1-6,11-12,16H,7-10H2/t11-,12+. The van der Waals surface area contributed by atoms with Gasteiger partial charge in [-0.2, -0.15) is 5.10 Å². The molecule has 2 aromatic heterocycles. The van der Waals surface area contributed by atoms with Gasteiger partial charge in [0.15, 0.2) is 0 Å². The van der Waals surface area contributed by atoms with Crippen molar-refractivity contribution in [1.82, 2.24) is 25.0 Å². The van der Waals surface area contributed by atoms with Crippen molar-refractivity contribution >= 4 is 5.91 Å². The molecule has 0 aromatic carbocycles. The highest BCUT2D eigenvalue weighted by atomic mass is 16.2. The number of aromatic nitrogens is 3. The van der Waals surface area contributed by atoms with Crippen LogP contribution in [0.25, 0.3) is 5.69 Å². The Kier molecular flexibility index (Phi) is 2.96. The molecule has 2 saturated heterocycles. The van der Waals surface area contributed by atoms with Crippen molar-refractivity contribution in [2.75, 3.05) is 26.2 Å². The van der Waals surface area contributed by atoms with Gasteiger partial charge in [0, 0.05) is 44.8 Å². The highest BCUT2D eigenvalue weighted by Gasteiger charge is 2.38. The highest BCUT2D eigenvalue weighted by molar-refractivity contribution is 5.93. The van der Waals surface area contributed by atoms with E-state index in [4.69, 9.17) is 0 Å². The van der Waals surface area contributed by atoms with Crippen LogP contribution in [0.5, 0.6) is 0 Å². The topological polar surface area (TPSA) is 63.1 Å². The molecule has 6 heteroatoms. The molecule has 2 aliphatic rings. The summed E-state index contributed by atoms with van der Waals surface area (Å²) in [5.74, 6) is 1.23. The number of fused-ring (bicyclic) bond motifs is 1. The van der Waals surface area contributed by atoms with Crippen molar-refractivity contribution < 1.29 is 4.79 Å². The number of carbonyl (C=O) groups is 1. The fourth-order valence-electron chi connectivity index (χ4n) is 3.28. The van der Waals surface area contributed by atoms with E-state index in [1.54, 1.807) is 17.1 Å². The van der Waals surface area contributed by atoms with E-state index in [1.165, 1.54) is 0 Å². The van der Waals surface area contributed by atoms with Gasteiger partial charge in [0.1, 0.15) is 5.69 Å². The third-order valence-corrected chi connectivity index (χ3v) is 4.41. The molecule has 4 rings (SSSR count). The lowest BCUT2D eigenvalue weighted by Gasteiger charge is -2.17. The Morgan fingerprint density at radius 3 is 2.76 bits per heavy atom. The molecular weight excluding hydrogens is 266 g/mol. The first-order chi connectivity index (χ1) is 10.3. The normalized spacial score (nSPS) is 24.3. The first-order valence-corrected chi connectivity index (χ1v) is 7.27. The van der Waals surface area contributed by atoms with Gasteiger partial charge in [0.05, 0.1) is 5.69 Å². The predicted octanol–water partition coefficient (Wildman–Crippen LogP) is 0.559. The summed E-state index contributed by atoms with van der Waals surface area (Å²) in [6.07, 6.45) is 5.24. The van der Waals surface area contributed by atoms with Gasteiger partial charge in [0.25, 0.3) is 5.91 Å². The smallest absolute Gasteiger partial charge is 0.272 e. The van der Waals surface area contributed by atoms with E-state index in [1.807, 2.05) is 29.3 Å². The molecule has 0 radical (unpaired) electrons. The number of nitrogens with one attached hydrogen (secondary N) is 1. The average molecular weight is 283 g/mol. The van der Waals surface area contributed by atoms with Crippen LogP contribution in [-0.2, 0) is 0 Å². The maximum absolute atomic E-state index is 12.6. The molecule has 6 nitrogen and oxygen atoms in total. The highest BCUT2D eigenvalue weighted by Crippen LogP contribution is 2.27. The summed E-state index contributed by atoms with van der Waals surface area (Å²) < 4.78 is 1.74. The quantitative estimate of drug-likeness (QED) is 0.874. The van der Waals surface area contributed by atoms with Crippen molar-refractivity contribution in [3.63, 3.8) is 0 Å². The number of pyridine rings is 1. The van der Waals surface area contributed by atoms with Gasteiger partial charge in [-0.15, -0.1) is 0 Å². The summed E-state index contributed by atoms with van der Waals surface area (Å²) in [7, 11) is 0. The molecule has 2 atom stereocenters. The van der Waals surface area contributed by atoms with Crippen LogP contribution in [0.1, 0.15) is 10.5 Å². The Balaban J connectivity index is 1.56. The summed E-state index contributed by atoms with van der Waals surface area (Å²) >= 11 is 0. The van der Waals surface area contributed by atoms with Gasteiger partial charge in [-0.3, -0.25) is 9.78 Å². The fourth-order valence-corrected chi connectivity index (χ4v) is 3.28. The zero-order chi connectivity index (χ0) is 14.2.